The predicted octanol–water partition coefficient (Wildman–Crippen LogP) is 2.74. The van der Waals surface area contributed by atoms with Crippen molar-refractivity contribution in [2.45, 2.75) is 6.42 Å². The number of ether oxygens (including phenoxy) is 1. The van der Waals surface area contributed by atoms with Crippen LogP contribution in [0.4, 0.5) is 20.2 Å². The van der Waals surface area contributed by atoms with Crippen molar-refractivity contribution < 1.29 is 18.3 Å². The number of benzene rings is 2. The van der Waals surface area contributed by atoms with Gasteiger partial charge in [-0.3, -0.25) is 4.79 Å². The molecule has 0 saturated heterocycles. The lowest BCUT2D eigenvalue weighted by atomic mass is 10.1. The van der Waals surface area contributed by atoms with Crippen molar-refractivity contribution in [3.8, 4) is 5.75 Å². The van der Waals surface area contributed by atoms with Crippen LogP contribution < -0.4 is 15.8 Å². The maximum absolute atomic E-state index is 13.5. The lowest BCUT2D eigenvalue weighted by Crippen LogP contribution is -2.15. The zero-order valence-electron chi connectivity index (χ0n) is 11.3. The van der Waals surface area contributed by atoms with Crippen LogP contribution in [0.3, 0.4) is 0 Å². The number of nitrogens with two attached hydrogens (primary N) is 1. The van der Waals surface area contributed by atoms with Crippen LogP contribution in [0.25, 0.3) is 0 Å². The summed E-state index contributed by atoms with van der Waals surface area (Å²) >= 11 is 0. The van der Waals surface area contributed by atoms with E-state index in [1.54, 1.807) is 24.3 Å². The van der Waals surface area contributed by atoms with Gasteiger partial charge in [0, 0.05) is 6.07 Å². The molecule has 2 rings (SSSR count). The molecule has 2 aromatic rings. The third-order valence-electron chi connectivity index (χ3n) is 2.86. The molecule has 0 saturated carbocycles. The van der Waals surface area contributed by atoms with Gasteiger partial charge in [0.15, 0.2) is 0 Å². The summed E-state index contributed by atoms with van der Waals surface area (Å²) in [4.78, 5) is 11.9. The van der Waals surface area contributed by atoms with Gasteiger partial charge in [0.2, 0.25) is 5.91 Å². The van der Waals surface area contributed by atoms with Crippen molar-refractivity contribution in [2.75, 3.05) is 18.2 Å². The summed E-state index contributed by atoms with van der Waals surface area (Å²) in [5.74, 6) is -1.55. The van der Waals surface area contributed by atoms with E-state index < -0.39 is 17.5 Å². The highest BCUT2D eigenvalue weighted by Crippen LogP contribution is 2.21. The average molecular weight is 292 g/mol. The molecule has 4 nitrogen and oxygen atoms in total. The third kappa shape index (κ3) is 3.68. The molecule has 0 atom stereocenters. The molecule has 0 bridgehead atoms. The number of nitrogen functional groups attached to an aromatic ring is 1. The van der Waals surface area contributed by atoms with Gasteiger partial charge in [-0.05, 0) is 23.8 Å². The molecule has 0 aliphatic heterocycles. The summed E-state index contributed by atoms with van der Waals surface area (Å²) in [5.41, 5.74) is 5.68. The van der Waals surface area contributed by atoms with E-state index in [-0.39, 0.29) is 17.8 Å². The summed E-state index contributed by atoms with van der Waals surface area (Å²) in [5, 5.41) is 2.36. The Hall–Kier alpha value is -2.63. The molecular weight excluding hydrogens is 278 g/mol. The first-order chi connectivity index (χ1) is 9.99. The van der Waals surface area contributed by atoms with E-state index in [1.807, 2.05) is 0 Å². The van der Waals surface area contributed by atoms with E-state index in [0.717, 1.165) is 6.07 Å². The van der Waals surface area contributed by atoms with E-state index in [1.165, 1.54) is 7.11 Å². The van der Waals surface area contributed by atoms with E-state index in [9.17, 15) is 13.6 Å². The van der Waals surface area contributed by atoms with Gasteiger partial charge in [0.1, 0.15) is 17.4 Å². The molecule has 0 radical (unpaired) electrons. The van der Waals surface area contributed by atoms with Gasteiger partial charge in [-0.1, -0.05) is 12.1 Å². The quantitative estimate of drug-likeness (QED) is 0.852. The number of carbonyl (C=O) groups is 1. The molecule has 0 aromatic heterocycles. The highest BCUT2D eigenvalue weighted by molar-refractivity contribution is 5.92. The van der Waals surface area contributed by atoms with Crippen molar-refractivity contribution >= 4 is 17.3 Å². The van der Waals surface area contributed by atoms with Crippen LogP contribution in [0.15, 0.2) is 36.4 Å². The van der Waals surface area contributed by atoms with Crippen LogP contribution in [0.1, 0.15) is 5.56 Å². The highest BCUT2D eigenvalue weighted by Gasteiger charge is 2.11. The molecule has 1 amide bonds. The molecular formula is C15H14F2N2O2. The fourth-order valence-electron chi connectivity index (χ4n) is 1.82. The minimum absolute atomic E-state index is 0.0356. The maximum Gasteiger partial charge on any atom is 0.228 e. The Bertz CT molecular complexity index is 675. The van der Waals surface area contributed by atoms with E-state index >= 15 is 0 Å². The molecule has 3 N–H and O–H groups in total. The molecule has 2 aromatic carbocycles. The standard InChI is InChI=1S/C15H14F2N2O2/c1-21-10-4-2-3-9(5-10)6-15(20)19-14-8-13(18)11(16)7-12(14)17/h2-5,7-8H,6,18H2,1H3,(H,19,20). The molecule has 0 heterocycles. The fraction of sp³-hybridized carbons (Fsp3) is 0.133. The number of amides is 1. The van der Waals surface area contributed by atoms with Crippen molar-refractivity contribution in [1.82, 2.24) is 0 Å². The predicted molar refractivity (Wildman–Crippen MR) is 76.1 cm³/mol. The topological polar surface area (TPSA) is 64.3 Å². The number of hydrogen-bond donors (Lipinski definition) is 2. The first-order valence-electron chi connectivity index (χ1n) is 6.17. The Balaban J connectivity index is 2.09. The number of rotatable bonds is 4. The zero-order chi connectivity index (χ0) is 15.4. The SMILES string of the molecule is COc1cccc(CC(=O)Nc2cc(N)c(F)cc2F)c1. The second-order valence-corrected chi connectivity index (χ2v) is 4.43. The Labute approximate surface area is 120 Å². The third-order valence-corrected chi connectivity index (χ3v) is 2.86. The Morgan fingerprint density at radius 2 is 2.00 bits per heavy atom. The van der Waals surface area contributed by atoms with Crippen LogP contribution in [-0.2, 0) is 11.2 Å². The number of hydrogen-bond acceptors (Lipinski definition) is 3. The molecule has 21 heavy (non-hydrogen) atoms. The molecule has 0 spiro atoms. The number of anilines is 2. The van der Waals surface area contributed by atoms with E-state index in [2.05, 4.69) is 5.32 Å². The normalized spacial score (nSPS) is 10.2. The first kappa shape index (κ1) is 14.8. The Morgan fingerprint density at radius 3 is 2.71 bits per heavy atom. The number of carbonyl (C=O) groups excluding carboxylic acids is 1. The van der Waals surface area contributed by atoms with Gasteiger partial charge in [-0.25, -0.2) is 8.78 Å². The molecule has 0 aliphatic rings. The Morgan fingerprint density at radius 1 is 1.24 bits per heavy atom. The van der Waals surface area contributed by atoms with Gasteiger partial charge in [-0.2, -0.15) is 0 Å². The van der Waals surface area contributed by atoms with Gasteiger partial charge < -0.3 is 15.8 Å². The summed E-state index contributed by atoms with van der Waals surface area (Å²) in [6.45, 7) is 0. The molecule has 0 fully saturated rings. The minimum atomic E-state index is -0.874. The molecule has 6 heteroatoms. The number of methoxy groups -OCH3 is 1. The average Bonchev–Trinajstić information content (AvgIpc) is 2.45. The summed E-state index contributed by atoms with van der Waals surface area (Å²) in [6.07, 6.45) is 0.0356. The molecule has 0 aliphatic carbocycles. The van der Waals surface area contributed by atoms with E-state index in [4.69, 9.17) is 10.5 Å². The van der Waals surface area contributed by atoms with E-state index in [0.29, 0.717) is 17.4 Å². The maximum atomic E-state index is 13.5. The molecule has 110 valence electrons. The van der Waals surface area contributed by atoms with Crippen LogP contribution in [-0.4, -0.2) is 13.0 Å². The number of halogens is 2. The second kappa shape index (κ2) is 6.21. The van der Waals surface area contributed by atoms with Gasteiger partial charge in [-0.15, -0.1) is 0 Å². The summed E-state index contributed by atoms with van der Waals surface area (Å²) in [6, 6.07) is 8.64. The smallest absolute Gasteiger partial charge is 0.228 e. The van der Waals surface area contributed by atoms with Gasteiger partial charge in [0.05, 0.1) is 24.9 Å². The van der Waals surface area contributed by atoms with Crippen molar-refractivity contribution in [1.29, 1.82) is 0 Å². The van der Waals surface area contributed by atoms with Crippen LogP contribution >= 0.6 is 0 Å². The Kier molecular flexibility index (Phi) is 4.37. The monoisotopic (exact) mass is 292 g/mol. The van der Waals surface area contributed by atoms with Gasteiger partial charge in [0.25, 0.3) is 0 Å². The van der Waals surface area contributed by atoms with Crippen LogP contribution in [0.5, 0.6) is 5.75 Å². The van der Waals surface area contributed by atoms with Crippen molar-refractivity contribution in [3.63, 3.8) is 0 Å². The summed E-state index contributed by atoms with van der Waals surface area (Å²) in [7, 11) is 1.52. The second-order valence-electron chi connectivity index (χ2n) is 4.43. The van der Waals surface area contributed by atoms with Crippen molar-refractivity contribution in [2.24, 2.45) is 0 Å². The lowest BCUT2D eigenvalue weighted by Gasteiger charge is -2.08. The van der Waals surface area contributed by atoms with Crippen molar-refractivity contribution in [3.05, 3.63) is 53.6 Å². The van der Waals surface area contributed by atoms with Crippen LogP contribution in [0.2, 0.25) is 0 Å². The van der Waals surface area contributed by atoms with Gasteiger partial charge >= 0.3 is 0 Å². The zero-order valence-corrected chi connectivity index (χ0v) is 11.3. The largest absolute Gasteiger partial charge is 0.497 e. The highest BCUT2D eigenvalue weighted by atomic mass is 19.1. The fourth-order valence-corrected chi connectivity index (χ4v) is 1.82. The first-order valence-corrected chi connectivity index (χ1v) is 6.17. The summed E-state index contributed by atoms with van der Waals surface area (Å²) < 4.78 is 31.6. The van der Waals surface area contributed by atoms with Crippen LogP contribution in [0, 0.1) is 11.6 Å². The number of nitrogens with one attached hydrogen (secondary N) is 1. The minimum Gasteiger partial charge on any atom is -0.497 e. The molecule has 0 unspecified atom stereocenters. The lowest BCUT2D eigenvalue weighted by molar-refractivity contribution is -0.115.